The van der Waals surface area contributed by atoms with E-state index < -0.39 is 5.97 Å². The lowest BCUT2D eigenvalue weighted by Gasteiger charge is -2.07. The smallest absolute Gasteiger partial charge is 0.337 e. The molecule has 1 heterocycles. The van der Waals surface area contributed by atoms with E-state index in [0.717, 1.165) is 17.7 Å². The predicted octanol–water partition coefficient (Wildman–Crippen LogP) is 2.39. The molecule has 0 saturated carbocycles. The van der Waals surface area contributed by atoms with Crippen LogP contribution >= 0.6 is 11.6 Å². The van der Waals surface area contributed by atoms with Gasteiger partial charge in [0.25, 0.3) is 0 Å². The van der Waals surface area contributed by atoms with E-state index in [4.69, 9.17) is 16.7 Å². The molecular weight excluding hydrogens is 202 g/mol. The quantitative estimate of drug-likeness (QED) is 0.785. The van der Waals surface area contributed by atoms with Crippen LogP contribution in [-0.2, 0) is 12.3 Å². The van der Waals surface area contributed by atoms with Gasteiger partial charge in [-0.25, -0.2) is 4.79 Å². The highest BCUT2D eigenvalue weighted by Crippen LogP contribution is 2.16. The Hall–Kier alpha value is -1.09. The zero-order valence-corrected chi connectivity index (χ0v) is 8.93. The maximum atomic E-state index is 10.9. The normalized spacial score (nSPS) is 10.2. The van der Waals surface area contributed by atoms with E-state index in [1.165, 1.54) is 0 Å². The summed E-state index contributed by atoms with van der Waals surface area (Å²) in [7, 11) is 0. The Morgan fingerprint density at radius 3 is 2.71 bits per heavy atom. The molecule has 0 aromatic carbocycles. The monoisotopic (exact) mass is 213 g/mol. The van der Waals surface area contributed by atoms with Gasteiger partial charge in [-0.2, -0.15) is 0 Å². The molecule has 0 radical (unpaired) electrons. The van der Waals surface area contributed by atoms with Gasteiger partial charge in [0.05, 0.1) is 17.1 Å². The number of aromatic carboxylic acids is 1. The zero-order chi connectivity index (χ0) is 10.7. The van der Waals surface area contributed by atoms with Crippen LogP contribution in [0.25, 0.3) is 0 Å². The minimum Gasteiger partial charge on any atom is -0.478 e. The zero-order valence-electron chi connectivity index (χ0n) is 8.17. The van der Waals surface area contributed by atoms with Gasteiger partial charge in [-0.1, -0.05) is 6.92 Å². The van der Waals surface area contributed by atoms with Crippen LogP contribution in [0.5, 0.6) is 0 Å². The van der Waals surface area contributed by atoms with Crippen molar-refractivity contribution in [2.45, 2.75) is 26.1 Å². The number of aryl methyl sites for hydroxylation is 2. The highest BCUT2D eigenvalue weighted by Gasteiger charge is 2.14. The molecule has 4 heteroatoms. The molecule has 0 aliphatic heterocycles. The Balaban J connectivity index is 3.34. The van der Waals surface area contributed by atoms with Gasteiger partial charge in [0.1, 0.15) is 0 Å². The van der Waals surface area contributed by atoms with E-state index in [1.54, 1.807) is 13.0 Å². The largest absolute Gasteiger partial charge is 0.478 e. The Labute approximate surface area is 87.7 Å². The Kier molecular flexibility index (Phi) is 3.47. The minimum absolute atomic E-state index is 0.135. The number of carbonyl (C=O) groups is 1. The van der Waals surface area contributed by atoms with Gasteiger partial charge in [-0.3, -0.25) is 4.98 Å². The molecule has 0 aliphatic rings. The molecule has 76 valence electrons. The second-order valence-electron chi connectivity index (χ2n) is 3.04. The molecule has 0 amide bonds. The number of rotatable bonds is 3. The number of hydrogen-bond acceptors (Lipinski definition) is 2. The highest BCUT2D eigenvalue weighted by molar-refractivity contribution is 6.17. The molecule has 1 N–H and O–H groups in total. The summed E-state index contributed by atoms with van der Waals surface area (Å²) in [5.74, 6) is -0.829. The van der Waals surface area contributed by atoms with Crippen LogP contribution in [0.2, 0.25) is 0 Å². The van der Waals surface area contributed by atoms with Crippen LogP contribution < -0.4 is 0 Å². The Morgan fingerprint density at radius 2 is 2.29 bits per heavy atom. The van der Waals surface area contributed by atoms with E-state index in [-0.39, 0.29) is 11.4 Å². The summed E-state index contributed by atoms with van der Waals surface area (Å²) in [6.07, 6.45) is 0.782. The second kappa shape index (κ2) is 4.42. The fraction of sp³-hybridized carbons (Fsp3) is 0.400. The first kappa shape index (κ1) is 11.0. The summed E-state index contributed by atoms with van der Waals surface area (Å²) in [5.41, 5.74) is 2.29. The third-order valence-corrected chi connectivity index (χ3v) is 2.30. The summed E-state index contributed by atoms with van der Waals surface area (Å²) in [4.78, 5) is 15.1. The summed E-state index contributed by atoms with van der Waals surface area (Å²) < 4.78 is 0. The lowest BCUT2D eigenvalue weighted by molar-refractivity contribution is 0.0694. The average Bonchev–Trinajstić information content (AvgIpc) is 2.15. The fourth-order valence-corrected chi connectivity index (χ4v) is 1.57. The lowest BCUT2D eigenvalue weighted by Crippen LogP contribution is -2.08. The van der Waals surface area contributed by atoms with E-state index >= 15 is 0 Å². The number of pyridine rings is 1. The number of aromatic nitrogens is 1. The molecule has 0 fully saturated rings. The van der Waals surface area contributed by atoms with E-state index in [1.807, 2.05) is 6.92 Å². The van der Waals surface area contributed by atoms with Crippen molar-refractivity contribution in [3.05, 3.63) is 28.6 Å². The standard InChI is InChI=1S/C10H12ClNO2/c1-3-7-4-6(2)9(10(13)14)8(5-11)12-7/h4H,3,5H2,1-2H3,(H,13,14). The van der Waals surface area contributed by atoms with Gasteiger partial charge in [-0.05, 0) is 25.0 Å². The highest BCUT2D eigenvalue weighted by atomic mass is 35.5. The first-order valence-electron chi connectivity index (χ1n) is 4.38. The third kappa shape index (κ3) is 2.04. The van der Waals surface area contributed by atoms with Crippen LogP contribution in [0.3, 0.4) is 0 Å². The Bertz CT molecular complexity index is 363. The van der Waals surface area contributed by atoms with Gasteiger partial charge >= 0.3 is 5.97 Å². The van der Waals surface area contributed by atoms with Gasteiger partial charge in [0, 0.05) is 5.69 Å². The van der Waals surface area contributed by atoms with Crippen molar-refractivity contribution in [1.29, 1.82) is 0 Å². The van der Waals surface area contributed by atoms with Crippen molar-refractivity contribution in [3.8, 4) is 0 Å². The molecule has 0 bridgehead atoms. The van der Waals surface area contributed by atoms with Crippen molar-refractivity contribution in [1.82, 2.24) is 4.98 Å². The maximum Gasteiger partial charge on any atom is 0.337 e. The SMILES string of the molecule is CCc1cc(C)c(C(=O)O)c(CCl)n1. The number of halogens is 1. The molecule has 0 unspecified atom stereocenters. The first-order valence-corrected chi connectivity index (χ1v) is 4.92. The fourth-order valence-electron chi connectivity index (χ4n) is 1.38. The number of alkyl halides is 1. The molecule has 0 spiro atoms. The summed E-state index contributed by atoms with van der Waals surface area (Å²) in [6, 6.07) is 1.79. The van der Waals surface area contributed by atoms with Crippen molar-refractivity contribution in [2.75, 3.05) is 0 Å². The second-order valence-corrected chi connectivity index (χ2v) is 3.31. The van der Waals surface area contributed by atoms with Crippen LogP contribution in [0.15, 0.2) is 6.07 Å². The van der Waals surface area contributed by atoms with Crippen molar-refractivity contribution < 1.29 is 9.90 Å². The van der Waals surface area contributed by atoms with Gasteiger partial charge in [0.15, 0.2) is 0 Å². The van der Waals surface area contributed by atoms with Crippen molar-refractivity contribution >= 4 is 17.6 Å². The molecule has 3 nitrogen and oxygen atoms in total. The van der Waals surface area contributed by atoms with Crippen LogP contribution in [-0.4, -0.2) is 16.1 Å². The molecule has 0 atom stereocenters. The molecule has 1 rings (SSSR count). The molecule has 0 saturated heterocycles. The maximum absolute atomic E-state index is 10.9. The van der Waals surface area contributed by atoms with E-state index in [9.17, 15) is 4.79 Å². The number of nitrogens with zero attached hydrogens (tertiary/aromatic N) is 1. The first-order chi connectivity index (χ1) is 6.60. The predicted molar refractivity (Wildman–Crippen MR) is 54.9 cm³/mol. The van der Waals surface area contributed by atoms with Crippen molar-refractivity contribution in [2.24, 2.45) is 0 Å². The summed E-state index contributed by atoms with van der Waals surface area (Å²) in [5, 5.41) is 8.94. The van der Waals surface area contributed by atoms with E-state index in [2.05, 4.69) is 4.98 Å². The number of carboxylic acids is 1. The van der Waals surface area contributed by atoms with E-state index in [0.29, 0.717) is 5.69 Å². The van der Waals surface area contributed by atoms with Crippen LogP contribution in [0, 0.1) is 6.92 Å². The lowest BCUT2D eigenvalue weighted by atomic mass is 10.1. The Morgan fingerprint density at radius 1 is 1.64 bits per heavy atom. The van der Waals surface area contributed by atoms with Gasteiger partial charge < -0.3 is 5.11 Å². The summed E-state index contributed by atoms with van der Waals surface area (Å²) in [6.45, 7) is 3.74. The number of carboxylic acid groups (broad SMARTS) is 1. The van der Waals surface area contributed by atoms with Gasteiger partial charge in [-0.15, -0.1) is 11.6 Å². The average molecular weight is 214 g/mol. The summed E-state index contributed by atoms with van der Waals surface area (Å²) >= 11 is 5.65. The van der Waals surface area contributed by atoms with Crippen molar-refractivity contribution in [3.63, 3.8) is 0 Å². The molecule has 1 aromatic rings. The minimum atomic E-state index is -0.965. The van der Waals surface area contributed by atoms with Crippen LogP contribution in [0.4, 0.5) is 0 Å². The topological polar surface area (TPSA) is 50.2 Å². The third-order valence-electron chi connectivity index (χ3n) is 2.05. The van der Waals surface area contributed by atoms with Gasteiger partial charge in [0.2, 0.25) is 0 Å². The number of hydrogen-bond donors (Lipinski definition) is 1. The molecule has 0 aliphatic carbocycles. The molecule has 14 heavy (non-hydrogen) atoms. The molecule has 1 aromatic heterocycles. The molecular formula is C10H12ClNO2. The van der Waals surface area contributed by atoms with Crippen LogP contribution in [0.1, 0.15) is 34.2 Å².